The van der Waals surface area contributed by atoms with Crippen molar-refractivity contribution in [3.63, 3.8) is 0 Å². The average Bonchev–Trinajstić information content (AvgIpc) is 2.59. The zero-order valence-electron chi connectivity index (χ0n) is 13.7. The van der Waals surface area contributed by atoms with Gasteiger partial charge in [-0.3, -0.25) is 9.59 Å². The number of para-hydroxylation sites is 1. The number of primary amides is 1. The van der Waals surface area contributed by atoms with E-state index in [0.29, 0.717) is 29.2 Å². The maximum Gasteiger partial charge on any atom is 0.259 e. The lowest BCUT2D eigenvalue weighted by molar-refractivity contribution is 0.0995. The summed E-state index contributed by atoms with van der Waals surface area (Å²) in [5.74, 6) is -0.273. The van der Waals surface area contributed by atoms with Crippen LogP contribution in [-0.4, -0.2) is 18.4 Å². The molecule has 2 amide bonds. The Labute approximate surface area is 141 Å². The van der Waals surface area contributed by atoms with Gasteiger partial charge in [-0.1, -0.05) is 38.0 Å². The first-order valence-electron chi connectivity index (χ1n) is 8.05. The van der Waals surface area contributed by atoms with E-state index in [2.05, 4.69) is 12.2 Å². The molecule has 5 nitrogen and oxygen atoms in total. The van der Waals surface area contributed by atoms with E-state index in [1.54, 1.807) is 42.5 Å². The van der Waals surface area contributed by atoms with Crippen LogP contribution >= 0.6 is 0 Å². The van der Waals surface area contributed by atoms with E-state index in [1.807, 2.05) is 6.07 Å². The van der Waals surface area contributed by atoms with Gasteiger partial charge in [-0.15, -0.1) is 0 Å². The number of anilines is 1. The number of ether oxygens (including phenoxy) is 1. The SMILES string of the molecule is CCCCCOc1ccccc1C(=O)Nc1cccc(C(N)=O)c1. The molecule has 0 bridgehead atoms. The molecule has 0 saturated heterocycles. The van der Waals surface area contributed by atoms with Crippen molar-refractivity contribution in [3.8, 4) is 5.75 Å². The highest BCUT2D eigenvalue weighted by Crippen LogP contribution is 2.20. The Hall–Kier alpha value is -2.82. The molecule has 0 radical (unpaired) electrons. The summed E-state index contributed by atoms with van der Waals surface area (Å²) < 4.78 is 5.73. The van der Waals surface area contributed by atoms with Gasteiger partial charge in [0.25, 0.3) is 5.91 Å². The predicted octanol–water partition coefficient (Wildman–Crippen LogP) is 3.61. The van der Waals surface area contributed by atoms with Crippen LogP contribution in [0.25, 0.3) is 0 Å². The van der Waals surface area contributed by atoms with Crippen LogP contribution in [0.5, 0.6) is 5.75 Å². The number of hydrogen-bond donors (Lipinski definition) is 2. The molecule has 0 aliphatic rings. The summed E-state index contributed by atoms with van der Waals surface area (Å²) in [6.07, 6.45) is 3.16. The summed E-state index contributed by atoms with van der Waals surface area (Å²) >= 11 is 0. The molecule has 2 aromatic carbocycles. The van der Waals surface area contributed by atoms with Crippen molar-refractivity contribution >= 4 is 17.5 Å². The van der Waals surface area contributed by atoms with E-state index in [9.17, 15) is 9.59 Å². The molecular weight excluding hydrogens is 304 g/mol. The number of nitrogens with two attached hydrogens (primary N) is 1. The molecule has 0 fully saturated rings. The van der Waals surface area contributed by atoms with E-state index >= 15 is 0 Å². The molecule has 0 aliphatic heterocycles. The lowest BCUT2D eigenvalue weighted by Crippen LogP contribution is -2.15. The van der Waals surface area contributed by atoms with E-state index in [4.69, 9.17) is 10.5 Å². The van der Waals surface area contributed by atoms with Gasteiger partial charge in [-0.05, 0) is 36.8 Å². The molecule has 5 heteroatoms. The Morgan fingerprint density at radius 1 is 1.08 bits per heavy atom. The van der Waals surface area contributed by atoms with Crippen LogP contribution in [0.2, 0.25) is 0 Å². The van der Waals surface area contributed by atoms with Crippen LogP contribution in [0.3, 0.4) is 0 Å². The summed E-state index contributed by atoms with van der Waals surface area (Å²) in [5, 5.41) is 2.77. The Morgan fingerprint density at radius 3 is 2.62 bits per heavy atom. The summed E-state index contributed by atoms with van der Waals surface area (Å²) in [6, 6.07) is 13.6. The third kappa shape index (κ3) is 4.84. The van der Waals surface area contributed by atoms with Crippen LogP contribution in [0.4, 0.5) is 5.69 Å². The molecular formula is C19H22N2O3. The second-order valence-electron chi connectivity index (χ2n) is 5.45. The minimum atomic E-state index is -0.536. The summed E-state index contributed by atoms with van der Waals surface area (Å²) in [4.78, 5) is 23.7. The van der Waals surface area contributed by atoms with Gasteiger partial charge in [0.1, 0.15) is 5.75 Å². The first kappa shape index (κ1) is 17.5. The lowest BCUT2D eigenvalue weighted by Gasteiger charge is -2.12. The molecule has 3 N–H and O–H groups in total. The highest BCUT2D eigenvalue weighted by molar-refractivity contribution is 6.06. The molecule has 2 aromatic rings. The van der Waals surface area contributed by atoms with Gasteiger partial charge in [0.2, 0.25) is 5.91 Å². The fraction of sp³-hybridized carbons (Fsp3) is 0.263. The number of nitrogens with one attached hydrogen (secondary N) is 1. The van der Waals surface area contributed by atoms with Gasteiger partial charge in [0.05, 0.1) is 12.2 Å². The summed E-state index contributed by atoms with van der Waals surface area (Å²) in [5.41, 5.74) is 6.57. The van der Waals surface area contributed by atoms with E-state index in [0.717, 1.165) is 19.3 Å². The summed E-state index contributed by atoms with van der Waals surface area (Å²) in [7, 11) is 0. The Balaban J connectivity index is 2.09. The van der Waals surface area contributed by atoms with Crippen LogP contribution in [0.15, 0.2) is 48.5 Å². The van der Waals surface area contributed by atoms with E-state index < -0.39 is 5.91 Å². The van der Waals surface area contributed by atoms with Crippen LogP contribution < -0.4 is 15.8 Å². The number of carbonyl (C=O) groups excluding carboxylic acids is 2. The van der Waals surface area contributed by atoms with Gasteiger partial charge in [0.15, 0.2) is 0 Å². The molecule has 0 aliphatic carbocycles. The molecule has 126 valence electrons. The maximum atomic E-state index is 12.5. The quantitative estimate of drug-likeness (QED) is 0.727. The molecule has 0 heterocycles. The maximum absolute atomic E-state index is 12.5. The molecule has 0 spiro atoms. The second kappa shape index (κ2) is 8.72. The van der Waals surface area contributed by atoms with Gasteiger partial charge in [-0.2, -0.15) is 0 Å². The monoisotopic (exact) mass is 326 g/mol. The average molecular weight is 326 g/mol. The number of rotatable bonds is 8. The van der Waals surface area contributed by atoms with Crippen LogP contribution in [0, 0.1) is 0 Å². The van der Waals surface area contributed by atoms with Crippen molar-refractivity contribution in [1.29, 1.82) is 0 Å². The topological polar surface area (TPSA) is 81.4 Å². The zero-order chi connectivity index (χ0) is 17.4. The first-order valence-corrected chi connectivity index (χ1v) is 8.05. The standard InChI is InChI=1S/C19H22N2O3/c1-2-3-6-12-24-17-11-5-4-10-16(17)19(23)21-15-9-7-8-14(13-15)18(20)22/h4-5,7-11,13H,2-3,6,12H2,1H3,(H2,20,22)(H,21,23). The first-order chi connectivity index (χ1) is 11.6. The van der Waals surface area contributed by atoms with Crippen LogP contribution in [0.1, 0.15) is 46.9 Å². The number of amides is 2. The Morgan fingerprint density at radius 2 is 1.88 bits per heavy atom. The van der Waals surface area contributed by atoms with Gasteiger partial charge < -0.3 is 15.8 Å². The minimum absolute atomic E-state index is 0.289. The third-order valence-electron chi connectivity index (χ3n) is 3.54. The largest absolute Gasteiger partial charge is 0.493 e. The van der Waals surface area contributed by atoms with Gasteiger partial charge in [0, 0.05) is 11.3 Å². The minimum Gasteiger partial charge on any atom is -0.493 e. The smallest absolute Gasteiger partial charge is 0.259 e. The molecule has 0 saturated carbocycles. The second-order valence-corrected chi connectivity index (χ2v) is 5.45. The van der Waals surface area contributed by atoms with Crippen molar-refractivity contribution in [2.24, 2.45) is 5.73 Å². The molecule has 24 heavy (non-hydrogen) atoms. The molecule has 2 rings (SSSR count). The van der Waals surface area contributed by atoms with Crippen molar-refractivity contribution in [3.05, 3.63) is 59.7 Å². The normalized spacial score (nSPS) is 10.2. The van der Waals surface area contributed by atoms with Gasteiger partial charge in [-0.25, -0.2) is 0 Å². The predicted molar refractivity (Wildman–Crippen MR) is 94.4 cm³/mol. The zero-order valence-corrected chi connectivity index (χ0v) is 13.7. The van der Waals surface area contributed by atoms with Crippen LogP contribution in [-0.2, 0) is 0 Å². The Kier molecular flexibility index (Phi) is 6.37. The Bertz CT molecular complexity index is 713. The number of benzene rings is 2. The van der Waals surface area contributed by atoms with Crippen molar-refractivity contribution in [2.45, 2.75) is 26.2 Å². The highest BCUT2D eigenvalue weighted by Gasteiger charge is 2.13. The van der Waals surface area contributed by atoms with Crippen molar-refractivity contribution in [2.75, 3.05) is 11.9 Å². The number of carbonyl (C=O) groups is 2. The number of hydrogen-bond acceptors (Lipinski definition) is 3. The van der Waals surface area contributed by atoms with Crippen molar-refractivity contribution in [1.82, 2.24) is 0 Å². The van der Waals surface area contributed by atoms with Crippen molar-refractivity contribution < 1.29 is 14.3 Å². The number of unbranched alkanes of at least 4 members (excludes halogenated alkanes) is 2. The summed E-state index contributed by atoms with van der Waals surface area (Å²) in [6.45, 7) is 2.71. The molecule has 0 atom stereocenters. The fourth-order valence-electron chi connectivity index (χ4n) is 2.26. The fourth-order valence-corrected chi connectivity index (χ4v) is 2.26. The highest BCUT2D eigenvalue weighted by atomic mass is 16.5. The third-order valence-corrected chi connectivity index (χ3v) is 3.54. The lowest BCUT2D eigenvalue weighted by atomic mass is 10.1. The van der Waals surface area contributed by atoms with Gasteiger partial charge >= 0.3 is 0 Å². The van der Waals surface area contributed by atoms with E-state index in [-0.39, 0.29) is 5.91 Å². The molecule has 0 unspecified atom stereocenters. The van der Waals surface area contributed by atoms with E-state index in [1.165, 1.54) is 0 Å². The molecule has 0 aromatic heterocycles.